The summed E-state index contributed by atoms with van der Waals surface area (Å²) in [5.41, 5.74) is 0.458. The largest absolute Gasteiger partial charge is 0.379 e. The molecule has 0 saturated heterocycles. The lowest BCUT2D eigenvalue weighted by Gasteiger charge is -2.05. The van der Waals surface area contributed by atoms with E-state index in [4.69, 9.17) is 4.52 Å². The standard InChI is InChI=1S/C11H10N4O4/c16-6-8-1-2-9(10(5-8)15(17)18)12-4-3-11-13-7-14-19-11/h1-2,5-7,12H,3-4H2. The lowest BCUT2D eigenvalue weighted by molar-refractivity contribution is -0.384. The number of nitrogens with one attached hydrogen (secondary N) is 1. The van der Waals surface area contributed by atoms with E-state index in [0.29, 0.717) is 30.8 Å². The highest BCUT2D eigenvalue weighted by Gasteiger charge is 2.14. The van der Waals surface area contributed by atoms with E-state index < -0.39 is 4.92 Å². The molecule has 0 fully saturated rings. The Kier molecular flexibility index (Phi) is 3.81. The Morgan fingerprint density at radius 3 is 2.95 bits per heavy atom. The molecule has 8 nitrogen and oxygen atoms in total. The Hall–Kier alpha value is -2.77. The van der Waals surface area contributed by atoms with Crippen LogP contribution in [-0.4, -0.2) is 27.9 Å². The summed E-state index contributed by atoms with van der Waals surface area (Å²) in [6, 6.07) is 4.23. The minimum absolute atomic E-state index is 0.143. The fourth-order valence-corrected chi connectivity index (χ4v) is 1.53. The lowest BCUT2D eigenvalue weighted by Crippen LogP contribution is -2.07. The zero-order chi connectivity index (χ0) is 13.7. The van der Waals surface area contributed by atoms with E-state index in [1.54, 1.807) is 0 Å². The molecule has 19 heavy (non-hydrogen) atoms. The van der Waals surface area contributed by atoms with Crippen molar-refractivity contribution in [2.45, 2.75) is 6.42 Å². The maximum Gasteiger partial charge on any atom is 0.293 e. The van der Waals surface area contributed by atoms with Crippen LogP contribution in [0, 0.1) is 10.1 Å². The van der Waals surface area contributed by atoms with Crippen molar-refractivity contribution in [1.29, 1.82) is 0 Å². The normalized spacial score (nSPS) is 10.1. The predicted octanol–water partition coefficient (Wildman–Crippen LogP) is 1.44. The molecule has 0 bridgehead atoms. The highest BCUT2D eigenvalue weighted by molar-refractivity contribution is 5.79. The van der Waals surface area contributed by atoms with Crippen LogP contribution in [0.1, 0.15) is 16.2 Å². The summed E-state index contributed by atoms with van der Waals surface area (Å²) in [4.78, 5) is 24.8. The molecule has 1 aromatic heterocycles. The van der Waals surface area contributed by atoms with Crippen LogP contribution < -0.4 is 5.32 Å². The summed E-state index contributed by atoms with van der Waals surface area (Å²) >= 11 is 0. The van der Waals surface area contributed by atoms with E-state index in [1.165, 1.54) is 24.5 Å². The molecule has 0 saturated carbocycles. The maximum atomic E-state index is 10.9. The molecule has 1 heterocycles. The van der Waals surface area contributed by atoms with E-state index in [0.717, 1.165) is 0 Å². The minimum atomic E-state index is -0.540. The average Bonchev–Trinajstić information content (AvgIpc) is 2.92. The maximum absolute atomic E-state index is 10.9. The average molecular weight is 262 g/mol. The van der Waals surface area contributed by atoms with Gasteiger partial charge in [0.1, 0.15) is 12.0 Å². The second-order valence-corrected chi connectivity index (χ2v) is 3.66. The molecular formula is C11H10N4O4. The van der Waals surface area contributed by atoms with Gasteiger partial charge in [-0.3, -0.25) is 14.9 Å². The van der Waals surface area contributed by atoms with E-state index >= 15 is 0 Å². The number of nitro groups is 1. The molecule has 0 unspecified atom stereocenters. The first-order valence-corrected chi connectivity index (χ1v) is 5.43. The van der Waals surface area contributed by atoms with Crippen molar-refractivity contribution < 1.29 is 14.2 Å². The van der Waals surface area contributed by atoms with Crippen molar-refractivity contribution in [2.24, 2.45) is 0 Å². The lowest BCUT2D eigenvalue weighted by atomic mass is 10.2. The van der Waals surface area contributed by atoms with Gasteiger partial charge in [0.15, 0.2) is 6.33 Å². The van der Waals surface area contributed by atoms with Gasteiger partial charge in [0.05, 0.1) is 4.92 Å². The van der Waals surface area contributed by atoms with Gasteiger partial charge in [-0.2, -0.15) is 4.98 Å². The van der Waals surface area contributed by atoms with Crippen molar-refractivity contribution in [3.05, 3.63) is 46.1 Å². The zero-order valence-electron chi connectivity index (χ0n) is 9.78. The number of anilines is 1. The Balaban J connectivity index is 2.06. The Morgan fingerprint density at radius 2 is 2.32 bits per heavy atom. The molecule has 1 aromatic carbocycles. The molecule has 0 radical (unpaired) electrons. The van der Waals surface area contributed by atoms with Gasteiger partial charge in [0.2, 0.25) is 5.89 Å². The minimum Gasteiger partial charge on any atom is -0.379 e. The molecule has 0 spiro atoms. The molecule has 0 amide bonds. The van der Waals surface area contributed by atoms with Crippen molar-refractivity contribution in [2.75, 3.05) is 11.9 Å². The SMILES string of the molecule is O=Cc1ccc(NCCc2ncno2)c([N+](=O)[O-])c1. The number of carbonyl (C=O) groups is 1. The molecule has 2 rings (SSSR count). The number of rotatable bonds is 6. The number of benzene rings is 1. The Morgan fingerprint density at radius 1 is 1.47 bits per heavy atom. The number of nitrogens with zero attached hydrogens (tertiary/aromatic N) is 3. The summed E-state index contributed by atoms with van der Waals surface area (Å²) in [7, 11) is 0. The molecular weight excluding hydrogens is 252 g/mol. The van der Waals surface area contributed by atoms with Crippen molar-refractivity contribution in [3.63, 3.8) is 0 Å². The summed E-state index contributed by atoms with van der Waals surface area (Å²) in [6.07, 6.45) is 2.30. The number of aromatic nitrogens is 2. The van der Waals surface area contributed by atoms with Crippen LogP contribution >= 0.6 is 0 Å². The number of hydrogen-bond donors (Lipinski definition) is 1. The van der Waals surface area contributed by atoms with Crippen LogP contribution in [-0.2, 0) is 6.42 Å². The predicted molar refractivity (Wildman–Crippen MR) is 65.0 cm³/mol. The van der Waals surface area contributed by atoms with Crippen molar-refractivity contribution >= 4 is 17.7 Å². The van der Waals surface area contributed by atoms with Crippen molar-refractivity contribution in [1.82, 2.24) is 10.1 Å². The second kappa shape index (κ2) is 5.71. The van der Waals surface area contributed by atoms with Crippen LogP contribution in [0.3, 0.4) is 0 Å². The van der Waals surface area contributed by atoms with Crippen LogP contribution in [0.15, 0.2) is 29.0 Å². The third-order valence-electron chi connectivity index (χ3n) is 2.42. The smallest absolute Gasteiger partial charge is 0.293 e. The van der Waals surface area contributed by atoms with Gasteiger partial charge in [-0.15, -0.1) is 0 Å². The van der Waals surface area contributed by atoms with Gasteiger partial charge < -0.3 is 9.84 Å². The topological polar surface area (TPSA) is 111 Å². The molecule has 1 N–H and O–H groups in total. The molecule has 0 aliphatic heterocycles. The van der Waals surface area contributed by atoms with Crippen LogP contribution in [0.25, 0.3) is 0 Å². The third kappa shape index (κ3) is 3.12. The highest BCUT2D eigenvalue weighted by atomic mass is 16.6. The first-order chi connectivity index (χ1) is 9.20. The fraction of sp³-hybridized carbons (Fsp3) is 0.182. The third-order valence-corrected chi connectivity index (χ3v) is 2.42. The van der Waals surface area contributed by atoms with Gasteiger partial charge in [0.25, 0.3) is 5.69 Å². The quantitative estimate of drug-likeness (QED) is 0.476. The summed E-state index contributed by atoms with van der Waals surface area (Å²) < 4.78 is 4.80. The number of hydrogen-bond acceptors (Lipinski definition) is 7. The van der Waals surface area contributed by atoms with Crippen LogP contribution in [0.5, 0.6) is 0 Å². The second-order valence-electron chi connectivity index (χ2n) is 3.66. The first-order valence-electron chi connectivity index (χ1n) is 5.43. The Bertz CT molecular complexity index is 582. The van der Waals surface area contributed by atoms with Crippen LogP contribution in [0.2, 0.25) is 0 Å². The number of carbonyl (C=O) groups excluding carboxylic acids is 1. The molecule has 8 heteroatoms. The molecule has 0 aliphatic carbocycles. The summed E-state index contributed by atoms with van der Waals surface area (Å²) in [5, 5.41) is 17.2. The Labute approximate surface area is 107 Å². The van der Waals surface area contributed by atoms with E-state index in [1.807, 2.05) is 0 Å². The molecule has 98 valence electrons. The van der Waals surface area contributed by atoms with E-state index in [2.05, 4.69) is 15.5 Å². The number of aldehydes is 1. The molecule has 2 aromatic rings. The van der Waals surface area contributed by atoms with Gasteiger partial charge in [-0.05, 0) is 12.1 Å². The number of nitro benzene ring substituents is 1. The fourth-order valence-electron chi connectivity index (χ4n) is 1.53. The molecule has 0 aliphatic rings. The molecule has 0 atom stereocenters. The van der Waals surface area contributed by atoms with Gasteiger partial charge in [-0.25, -0.2) is 0 Å². The zero-order valence-corrected chi connectivity index (χ0v) is 9.78. The highest BCUT2D eigenvalue weighted by Crippen LogP contribution is 2.24. The van der Waals surface area contributed by atoms with Gasteiger partial charge >= 0.3 is 0 Å². The van der Waals surface area contributed by atoms with E-state index in [9.17, 15) is 14.9 Å². The first kappa shape index (κ1) is 12.7. The summed E-state index contributed by atoms with van der Waals surface area (Å²) in [6.45, 7) is 0.406. The van der Waals surface area contributed by atoms with Gasteiger partial charge in [0, 0.05) is 24.6 Å². The van der Waals surface area contributed by atoms with E-state index in [-0.39, 0.29) is 11.3 Å². The van der Waals surface area contributed by atoms with Crippen molar-refractivity contribution in [3.8, 4) is 0 Å². The van der Waals surface area contributed by atoms with Crippen LogP contribution in [0.4, 0.5) is 11.4 Å². The summed E-state index contributed by atoms with van der Waals surface area (Å²) in [5.74, 6) is 0.444. The monoisotopic (exact) mass is 262 g/mol. The van der Waals surface area contributed by atoms with Gasteiger partial charge in [-0.1, -0.05) is 5.16 Å².